The summed E-state index contributed by atoms with van der Waals surface area (Å²) < 4.78 is 1.93. The molecule has 1 aliphatic carbocycles. The van der Waals surface area contributed by atoms with Crippen LogP contribution in [0.15, 0.2) is 13.6 Å². The van der Waals surface area contributed by atoms with Gasteiger partial charge in [0.15, 0.2) is 5.78 Å². The Hall–Kier alpha value is 0.290. The number of hydrogen-bond acceptors (Lipinski definition) is 3. The van der Waals surface area contributed by atoms with Gasteiger partial charge in [0.1, 0.15) is 0 Å². The van der Waals surface area contributed by atoms with Crippen LogP contribution in [0.4, 0.5) is 0 Å². The van der Waals surface area contributed by atoms with Crippen molar-refractivity contribution in [3.05, 3.63) is 19.2 Å². The molecule has 0 unspecified atom stereocenters. The lowest BCUT2D eigenvalue weighted by molar-refractivity contribution is 0.0912. The number of carbonyl (C=O) groups is 1. The lowest BCUT2D eigenvalue weighted by Crippen LogP contribution is -2.35. The topological polar surface area (TPSA) is 20.3 Å². The SMILES string of the molecule is CN(CC(=O)c1cc(Br)sc1Br)C1CCCCCC1. The Morgan fingerprint density at radius 2 is 1.95 bits per heavy atom. The number of Topliss-reactive ketones (excluding diaryl/α,β-unsaturated/α-hetero) is 1. The molecule has 2 nitrogen and oxygen atoms in total. The highest BCUT2D eigenvalue weighted by molar-refractivity contribution is 9.12. The number of thiophene rings is 1. The molecule has 0 spiro atoms. The normalized spacial score (nSPS) is 17.7. The van der Waals surface area contributed by atoms with E-state index in [9.17, 15) is 4.79 Å². The van der Waals surface area contributed by atoms with E-state index in [-0.39, 0.29) is 5.78 Å². The molecule has 0 bridgehead atoms. The van der Waals surface area contributed by atoms with Gasteiger partial charge in [0.05, 0.1) is 14.1 Å². The summed E-state index contributed by atoms with van der Waals surface area (Å²) >= 11 is 8.45. The zero-order chi connectivity index (χ0) is 13.8. The van der Waals surface area contributed by atoms with Gasteiger partial charge < -0.3 is 0 Å². The molecule has 0 radical (unpaired) electrons. The second-order valence-electron chi connectivity index (χ2n) is 5.22. The fraction of sp³-hybridized carbons (Fsp3) is 0.643. The van der Waals surface area contributed by atoms with Crippen LogP contribution in [0.25, 0.3) is 0 Å². The highest BCUT2D eigenvalue weighted by atomic mass is 79.9. The molecule has 0 aromatic carbocycles. The standard InChI is InChI=1S/C14H19Br2NOS/c1-17(10-6-4-2-3-5-7-10)9-12(18)11-8-13(15)19-14(11)16/h8,10H,2-7,9H2,1H3. The highest BCUT2D eigenvalue weighted by Crippen LogP contribution is 2.32. The van der Waals surface area contributed by atoms with Crippen LogP contribution in [0.1, 0.15) is 48.9 Å². The van der Waals surface area contributed by atoms with E-state index in [1.54, 1.807) is 11.3 Å². The van der Waals surface area contributed by atoms with Crippen molar-refractivity contribution in [3.8, 4) is 0 Å². The van der Waals surface area contributed by atoms with E-state index in [1.165, 1.54) is 38.5 Å². The van der Waals surface area contributed by atoms with Crippen molar-refractivity contribution in [2.24, 2.45) is 0 Å². The maximum atomic E-state index is 12.3. The first-order valence-electron chi connectivity index (χ1n) is 6.76. The monoisotopic (exact) mass is 407 g/mol. The first-order valence-corrected chi connectivity index (χ1v) is 9.16. The van der Waals surface area contributed by atoms with Gasteiger partial charge in [0.25, 0.3) is 0 Å². The molecule has 1 heterocycles. The molecular weight excluding hydrogens is 390 g/mol. The third-order valence-corrected chi connectivity index (χ3v) is 6.14. The maximum Gasteiger partial charge on any atom is 0.178 e. The second-order valence-corrected chi connectivity index (χ2v) is 8.97. The van der Waals surface area contributed by atoms with Crippen molar-refractivity contribution in [3.63, 3.8) is 0 Å². The molecule has 1 aromatic rings. The Kier molecular flexibility index (Phi) is 6.06. The van der Waals surface area contributed by atoms with E-state index in [2.05, 4.69) is 43.8 Å². The molecule has 0 saturated heterocycles. The summed E-state index contributed by atoms with van der Waals surface area (Å²) in [5, 5.41) is 0. The fourth-order valence-corrected chi connectivity index (χ4v) is 5.53. The van der Waals surface area contributed by atoms with Crippen molar-refractivity contribution in [2.45, 2.75) is 44.6 Å². The van der Waals surface area contributed by atoms with E-state index in [0.717, 1.165) is 13.1 Å². The van der Waals surface area contributed by atoms with Crippen molar-refractivity contribution in [1.82, 2.24) is 4.90 Å². The van der Waals surface area contributed by atoms with E-state index >= 15 is 0 Å². The lowest BCUT2D eigenvalue weighted by atomic mass is 10.1. The summed E-state index contributed by atoms with van der Waals surface area (Å²) in [6.07, 6.45) is 7.77. The van der Waals surface area contributed by atoms with Crippen molar-refractivity contribution < 1.29 is 4.79 Å². The number of rotatable bonds is 4. The van der Waals surface area contributed by atoms with Crippen LogP contribution in [0.2, 0.25) is 0 Å². The number of halogens is 2. The Morgan fingerprint density at radius 3 is 2.47 bits per heavy atom. The third kappa shape index (κ3) is 4.38. The molecule has 0 amide bonds. The molecular formula is C14H19Br2NOS. The summed E-state index contributed by atoms with van der Waals surface area (Å²) in [4.78, 5) is 14.6. The molecule has 0 N–H and O–H groups in total. The van der Waals surface area contributed by atoms with Crippen LogP contribution >= 0.6 is 43.2 Å². The summed E-state index contributed by atoms with van der Waals surface area (Å²) in [7, 11) is 2.09. The van der Waals surface area contributed by atoms with Gasteiger partial charge in [0.2, 0.25) is 0 Å². The molecule has 0 aliphatic heterocycles. The van der Waals surface area contributed by atoms with E-state index in [0.29, 0.717) is 12.6 Å². The van der Waals surface area contributed by atoms with Gasteiger partial charge in [-0.1, -0.05) is 25.7 Å². The minimum atomic E-state index is 0.209. The third-order valence-electron chi connectivity index (χ3n) is 3.80. The molecule has 19 heavy (non-hydrogen) atoms. The minimum absolute atomic E-state index is 0.209. The van der Waals surface area contributed by atoms with Gasteiger partial charge in [-0.2, -0.15) is 0 Å². The lowest BCUT2D eigenvalue weighted by Gasteiger charge is -2.26. The second kappa shape index (κ2) is 7.34. The highest BCUT2D eigenvalue weighted by Gasteiger charge is 2.21. The number of carbonyl (C=O) groups excluding carboxylic acids is 1. The summed E-state index contributed by atoms with van der Waals surface area (Å²) in [5.74, 6) is 0.209. The Labute approximate surface area is 135 Å². The van der Waals surface area contributed by atoms with Crippen LogP contribution in [0.5, 0.6) is 0 Å². The van der Waals surface area contributed by atoms with Crippen LogP contribution < -0.4 is 0 Å². The first-order chi connectivity index (χ1) is 9.08. The number of nitrogens with zero attached hydrogens (tertiary/aromatic N) is 1. The average Bonchev–Trinajstić information content (AvgIpc) is 2.58. The first kappa shape index (κ1) is 15.7. The van der Waals surface area contributed by atoms with Gasteiger partial charge >= 0.3 is 0 Å². The van der Waals surface area contributed by atoms with Gasteiger partial charge in [-0.05, 0) is 57.8 Å². The quantitative estimate of drug-likeness (QED) is 0.509. The largest absolute Gasteiger partial charge is 0.296 e. The van der Waals surface area contributed by atoms with Crippen molar-refractivity contribution in [2.75, 3.05) is 13.6 Å². The zero-order valence-electron chi connectivity index (χ0n) is 11.1. The van der Waals surface area contributed by atoms with Crippen LogP contribution in [0, 0.1) is 0 Å². The van der Waals surface area contributed by atoms with Crippen LogP contribution in [0.3, 0.4) is 0 Å². The van der Waals surface area contributed by atoms with E-state index in [1.807, 2.05) is 6.07 Å². The zero-order valence-corrected chi connectivity index (χ0v) is 15.1. The van der Waals surface area contributed by atoms with E-state index in [4.69, 9.17) is 0 Å². The van der Waals surface area contributed by atoms with E-state index < -0.39 is 0 Å². The molecule has 1 fully saturated rings. The summed E-state index contributed by atoms with van der Waals surface area (Å²) in [5.41, 5.74) is 0.803. The van der Waals surface area contributed by atoms with Gasteiger partial charge in [-0.15, -0.1) is 11.3 Å². The molecule has 2 rings (SSSR count). The van der Waals surface area contributed by atoms with Gasteiger partial charge in [0, 0.05) is 11.6 Å². The Morgan fingerprint density at radius 1 is 1.32 bits per heavy atom. The maximum absolute atomic E-state index is 12.3. The Balaban J connectivity index is 1.96. The molecule has 106 valence electrons. The predicted octanol–water partition coefficient (Wildman–Crippen LogP) is 5.11. The van der Waals surface area contributed by atoms with Crippen molar-refractivity contribution >= 4 is 49.0 Å². The summed E-state index contributed by atoms with van der Waals surface area (Å²) in [6, 6.07) is 2.49. The smallest absolute Gasteiger partial charge is 0.178 e. The molecule has 1 aromatic heterocycles. The summed E-state index contributed by atoms with van der Waals surface area (Å²) in [6.45, 7) is 0.520. The molecule has 1 saturated carbocycles. The van der Waals surface area contributed by atoms with Crippen LogP contribution in [-0.2, 0) is 0 Å². The van der Waals surface area contributed by atoms with Crippen molar-refractivity contribution in [1.29, 1.82) is 0 Å². The molecule has 1 aliphatic rings. The van der Waals surface area contributed by atoms with Crippen LogP contribution in [-0.4, -0.2) is 30.3 Å². The van der Waals surface area contributed by atoms with Gasteiger partial charge in [-0.25, -0.2) is 0 Å². The van der Waals surface area contributed by atoms with Gasteiger partial charge in [-0.3, -0.25) is 9.69 Å². The molecule has 0 atom stereocenters. The number of likely N-dealkylation sites (N-methyl/N-ethyl adjacent to an activating group) is 1. The minimum Gasteiger partial charge on any atom is -0.296 e. The predicted molar refractivity (Wildman–Crippen MR) is 88.2 cm³/mol. The molecule has 5 heteroatoms. The average molecular weight is 409 g/mol. The fourth-order valence-electron chi connectivity index (χ4n) is 2.67. The Bertz CT molecular complexity index is 439. The number of hydrogen-bond donors (Lipinski definition) is 0. The number of ketones is 1.